The summed E-state index contributed by atoms with van der Waals surface area (Å²) in [6.45, 7) is 8.39. The van der Waals surface area contributed by atoms with Crippen LogP contribution in [0.1, 0.15) is 46.5 Å². The standard InChI is InChI=1S/C20H26N6O2/c1-14-21-12-17(13-22-14)20(27)26-5-3-16(4-6-26)18-11-19(24-15(2)23-18)25-7-9-28-10-8-25/h11-13,16H,3-10H2,1-2H3. The first-order valence-corrected chi connectivity index (χ1v) is 9.86. The number of likely N-dealkylation sites (tertiary alicyclic amines) is 1. The van der Waals surface area contributed by atoms with Crippen molar-refractivity contribution in [3.8, 4) is 0 Å². The lowest BCUT2D eigenvalue weighted by molar-refractivity contribution is 0.0711. The molecule has 28 heavy (non-hydrogen) atoms. The molecule has 4 heterocycles. The molecule has 148 valence electrons. The van der Waals surface area contributed by atoms with Gasteiger partial charge in [-0.15, -0.1) is 0 Å². The third kappa shape index (κ3) is 4.11. The van der Waals surface area contributed by atoms with E-state index in [1.165, 1.54) is 0 Å². The van der Waals surface area contributed by atoms with Crippen molar-refractivity contribution in [3.05, 3.63) is 41.4 Å². The van der Waals surface area contributed by atoms with Crippen molar-refractivity contribution in [1.29, 1.82) is 0 Å². The maximum atomic E-state index is 12.7. The first-order chi connectivity index (χ1) is 13.6. The van der Waals surface area contributed by atoms with Gasteiger partial charge in [-0.1, -0.05) is 0 Å². The zero-order chi connectivity index (χ0) is 19.5. The van der Waals surface area contributed by atoms with Gasteiger partial charge in [0.2, 0.25) is 0 Å². The monoisotopic (exact) mass is 382 g/mol. The largest absolute Gasteiger partial charge is 0.378 e. The molecule has 2 saturated heterocycles. The van der Waals surface area contributed by atoms with Gasteiger partial charge < -0.3 is 14.5 Å². The lowest BCUT2D eigenvalue weighted by atomic mass is 9.92. The van der Waals surface area contributed by atoms with E-state index >= 15 is 0 Å². The Balaban J connectivity index is 1.42. The summed E-state index contributed by atoms with van der Waals surface area (Å²) in [7, 11) is 0. The molecule has 8 heteroatoms. The van der Waals surface area contributed by atoms with Gasteiger partial charge in [0.1, 0.15) is 17.5 Å². The number of hydrogen-bond donors (Lipinski definition) is 0. The fourth-order valence-corrected chi connectivity index (χ4v) is 3.80. The second kappa shape index (κ2) is 8.18. The Morgan fingerprint density at radius 1 is 1.00 bits per heavy atom. The second-order valence-corrected chi connectivity index (χ2v) is 7.38. The van der Waals surface area contributed by atoms with Crippen LogP contribution in [0.15, 0.2) is 18.5 Å². The van der Waals surface area contributed by atoms with Gasteiger partial charge in [-0.05, 0) is 26.7 Å². The fourth-order valence-electron chi connectivity index (χ4n) is 3.80. The molecule has 2 aromatic heterocycles. The van der Waals surface area contributed by atoms with Crippen LogP contribution in [0, 0.1) is 13.8 Å². The van der Waals surface area contributed by atoms with Gasteiger partial charge >= 0.3 is 0 Å². The highest BCUT2D eigenvalue weighted by molar-refractivity contribution is 5.93. The van der Waals surface area contributed by atoms with Gasteiger partial charge in [0.05, 0.1) is 18.8 Å². The number of nitrogens with zero attached hydrogens (tertiary/aromatic N) is 6. The quantitative estimate of drug-likeness (QED) is 0.799. The van der Waals surface area contributed by atoms with E-state index < -0.39 is 0 Å². The smallest absolute Gasteiger partial charge is 0.256 e. The Bertz CT molecular complexity index is 827. The van der Waals surface area contributed by atoms with E-state index in [-0.39, 0.29) is 5.91 Å². The second-order valence-electron chi connectivity index (χ2n) is 7.38. The third-order valence-electron chi connectivity index (χ3n) is 5.41. The van der Waals surface area contributed by atoms with Crippen LogP contribution < -0.4 is 4.90 Å². The molecule has 0 radical (unpaired) electrons. The van der Waals surface area contributed by atoms with Crippen molar-refractivity contribution in [2.24, 2.45) is 0 Å². The summed E-state index contributed by atoms with van der Waals surface area (Å²) in [6, 6.07) is 2.12. The van der Waals surface area contributed by atoms with Crippen molar-refractivity contribution in [2.75, 3.05) is 44.3 Å². The number of piperidine rings is 1. The first-order valence-electron chi connectivity index (χ1n) is 9.86. The van der Waals surface area contributed by atoms with Crippen molar-refractivity contribution < 1.29 is 9.53 Å². The normalized spacial score (nSPS) is 18.4. The molecule has 0 saturated carbocycles. The minimum Gasteiger partial charge on any atom is -0.378 e. The summed E-state index contributed by atoms with van der Waals surface area (Å²) in [5, 5.41) is 0. The SMILES string of the molecule is Cc1ncc(C(=O)N2CCC(c3cc(N4CCOCC4)nc(C)n3)CC2)cn1. The molecule has 2 aliphatic heterocycles. The minimum absolute atomic E-state index is 0.00586. The molecule has 2 aliphatic rings. The van der Waals surface area contributed by atoms with E-state index in [9.17, 15) is 4.79 Å². The predicted molar refractivity (Wildman–Crippen MR) is 104 cm³/mol. The molecule has 0 spiro atoms. The highest BCUT2D eigenvalue weighted by atomic mass is 16.5. The molecular formula is C20H26N6O2. The minimum atomic E-state index is 0.00586. The fraction of sp³-hybridized carbons (Fsp3) is 0.550. The predicted octanol–water partition coefficient (Wildman–Crippen LogP) is 1.74. The van der Waals surface area contributed by atoms with Gasteiger partial charge in [-0.25, -0.2) is 19.9 Å². The Hall–Kier alpha value is -2.61. The highest BCUT2D eigenvalue weighted by Gasteiger charge is 2.27. The summed E-state index contributed by atoms with van der Waals surface area (Å²) in [5.41, 5.74) is 1.64. The van der Waals surface area contributed by atoms with E-state index in [0.29, 0.717) is 30.4 Å². The van der Waals surface area contributed by atoms with Crippen molar-refractivity contribution in [1.82, 2.24) is 24.8 Å². The molecule has 1 amide bonds. The van der Waals surface area contributed by atoms with Gasteiger partial charge in [-0.3, -0.25) is 4.79 Å². The topological polar surface area (TPSA) is 84.3 Å². The van der Waals surface area contributed by atoms with Crippen molar-refractivity contribution in [3.63, 3.8) is 0 Å². The molecular weight excluding hydrogens is 356 g/mol. The van der Waals surface area contributed by atoms with Crippen LogP contribution in [0.3, 0.4) is 0 Å². The summed E-state index contributed by atoms with van der Waals surface area (Å²) < 4.78 is 5.44. The highest BCUT2D eigenvalue weighted by Crippen LogP contribution is 2.29. The summed E-state index contributed by atoms with van der Waals surface area (Å²) in [5.74, 6) is 2.81. The number of aryl methyl sites for hydroxylation is 2. The van der Waals surface area contributed by atoms with E-state index in [1.54, 1.807) is 12.4 Å². The number of hydrogen-bond acceptors (Lipinski definition) is 7. The van der Waals surface area contributed by atoms with Crippen LogP contribution in [0.4, 0.5) is 5.82 Å². The molecule has 0 aliphatic carbocycles. The third-order valence-corrected chi connectivity index (χ3v) is 5.41. The summed E-state index contributed by atoms with van der Waals surface area (Å²) in [4.78, 5) is 34.4. The number of morpholine rings is 1. The van der Waals surface area contributed by atoms with Gasteiger partial charge in [-0.2, -0.15) is 0 Å². The summed E-state index contributed by atoms with van der Waals surface area (Å²) >= 11 is 0. The van der Waals surface area contributed by atoms with E-state index in [2.05, 4.69) is 25.9 Å². The average Bonchev–Trinajstić information content (AvgIpc) is 2.74. The zero-order valence-electron chi connectivity index (χ0n) is 16.5. The van der Waals surface area contributed by atoms with Crippen molar-refractivity contribution in [2.45, 2.75) is 32.6 Å². The maximum Gasteiger partial charge on any atom is 0.256 e. The first kappa shape index (κ1) is 18.7. The van der Waals surface area contributed by atoms with E-state index in [4.69, 9.17) is 9.72 Å². The summed E-state index contributed by atoms with van der Waals surface area (Å²) in [6.07, 6.45) is 5.02. The van der Waals surface area contributed by atoms with Crippen LogP contribution in [-0.4, -0.2) is 70.1 Å². The number of carbonyl (C=O) groups excluding carboxylic acids is 1. The zero-order valence-corrected chi connectivity index (χ0v) is 16.5. The van der Waals surface area contributed by atoms with Gasteiger partial charge in [0.25, 0.3) is 5.91 Å². The van der Waals surface area contributed by atoms with Crippen LogP contribution in [-0.2, 0) is 4.74 Å². The number of anilines is 1. The van der Waals surface area contributed by atoms with Gasteiger partial charge in [0.15, 0.2) is 0 Å². The molecule has 0 unspecified atom stereocenters. The number of aromatic nitrogens is 4. The van der Waals surface area contributed by atoms with Crippen LogP contribution in [0.25, 0.3) is 0 Å². The maximum absolute atomic E-state index is 12.7. The Morgan fingerprint density at radius 3 is 2.36 bits per heavy atom. The van der Waals surface area contributed by atoms with Crippen LogP contribution in [0.5, 0.6) is 0 Å². The number of ether oxygens (including phenoxy) is 1. The molecule has 4 rings (SSSR count). The molecule has 8 nitrogen and oxygen atoms in total. The lowest BCUT2D eigenvalue weighted by Crippen LogP contribution is -2.38. The Kier molecular flexibility index (Phi) is 5.47. The average molecular weight is 382 g/mol. The van der Waals surface area contributed by atoms with Crippen LogP contribution >= 0.6 is 0 Å². The Labute approximate surface area is 165 Å². The van der Waals surface area contributed by atoms with Crippen molar-refractivity contribution >= 4 is 11.7 Å². The molecule has 2 fully saturated rings. The molecule has 0 aromatic carbocycles. The lowest BCUT2D eigenvalue weighted by Gasteiger charge is -2.33. The molecule has 2 aromatic rings. The molecule has 0 atom stereocenters. The van der Waals surface area contributed by atoms with E-state index in [1.807, 2.05) is 18.7 Å². The number of rotatable bonds is 3. The van der Waals surface area contributed by atoms with Gasteiger partial charge in [0, 0.05) is 56.3 Å². The molecule has 0 bridgehead atoms. The number of amides is 1. The van der Waals surface area contributed by atoms with E-state index in [0.717, 1.165) is 56.5 Å². The molecule has 0 N–H and O–H groups in total. The van der Waals surface area contributed by atoms with Crippen LogP contribution in [0.2, 0.25) is 0 Å². The Morgan fingerprint density at radius 2 is 1.68 bits per heavy atom. The number of carbonyl (C=O) groups is 1.